The Morgan fingerprint density at radius 1 is 1.47 bits per heavy atom. The number of benzene rings is 1. The fraction of sp³-hybridized carbons (Fsp3) is 0.250. The standard InChI is InChI=1S/C12H14FN5O/c1-18-7-16-17-11(18)6-15-5-9-4-8(12(14)19)2-3-10(9)13/h2-4,7,15H,5-6H2,1H3,(H2,14,19). The van der Waals surface area contributed by atoms with E-state index in [1.54, 1.807) is 10.9 Å². The van der Waals surface area contributed by atoms with Gasteiger partial charge in [0.15, 0.2) is 0 Å². The molecule has 2 aromatic rings. The second-order valence-electron chi connectivity index (χ2n) is 4.13. The van der Waals surface area contributed by atoms with E-state index in [1.807, 2.05) is 7.05 Å². The number of hydrogen-bond acceptors (Lipinski definition) is 4. The Bertz CT molecular complexity index is 596. The van der Waals surface area contributed by atoms with E-state index >= 15 is 0 Å². The van der Waals surface area contributed by atoms with Crippen LogP contribution in [0.4, 0.5) is 4.39 Å². The normalized spacial score (nSPS) is 10.6. The number of hydrogen-bond donors (Lipinski definition) is 2. The molecule has 2 rings (SSSR count). The molecule has 1 aromatic carbocycles. The first kappa shape index (κ1) is 13.2. The molecule has 0 aliphatic heterocycles. The summed E-state index contributed by atoms with van der Waals surface area (Å²) >= 11 is 0. The number of aromatic nitrogens is 3. The Morgan fingerprint density at radius 2 is 2.26 bits per heavy atom. The van der Waals surface area contributed by atoms with Crippen LogP contribution in [-0.2, 0) is 20.1 Å². The number of rotatable bonds is 5. The van der Waals surface area contributed by atoms with E-state index in [2.05, 4.69) is 15.5 Å². The Kier molecular flexibility index (Phi) is 3.86. The minimum atomic E-state index is -0.574. The zero-order valence-electron chi connectivity index (χ0n) is 10.4. The largest absolute Gasteiger partial charge is 0.366 e. The van der Waals surface area contributed by atoms with Crippen LogP contribution in [0.25, 0.3) is 0 Å². The van der Waals surface area contributed by atoms with Gasteiger partial charge in [-0.2, -0.15) is 0 Å². The van der Waals surface area contributed by atoms with Gasteiger partial charge in [0, 0.05) is 24.7 Å². The maximum Gasteiger partial charge on any atom is 0.248 e. The molecule has 100 valence electrons. The molecular formula is C12H14FN5O. The maximum atomic E-state index is 13.6. The van der Waals surface area contributed by atoms with Crippen LogP contribution in [0, 0.1) is 5.82 Å². The number of nitrogens with zero attached hydrogens (tertiary/aromatic N) is 3. The van der Waals surface area contributed by atoms with Crippen LogP contribution in [0.1, 0.15) is 21.7 Å². The molecule has 0 fully saturated rings. The van der Waals surface area contributed by atoms with Gasteiger partial charge in [-0.15, -0.1) is 10.2 Å². The molecule has 0 spiro atoms. The van der Waals surface area contributed by atoms with Crippen LogP contribution in [-0.4, -0.2) is 20.7 Å². The van der Waals surface area contributed by atoms with Crippen molar-refractivity contribution in [3.63, 3.8) is 0 Å². The van der Waals surface area contributed by atoms with Gasteiger partial charge in [0.25, 0.3) is 0 Å². The van der Waals surface area contributed by atoms with Crippen LogP contribution in [0.15, 0.2) is 24.5 Å². The average molecular weight is 263 g/mol. The van der Waals surface area contributed by atoms with Crippen molar-refractivity contribution in [2.24, 2.45) is 12.8 Å². The monoisotopic (exact) mass is 263 g/mol. The first-order chi connectivity index (χ1) is 9.08. The van der Waals surface area contributed by atoms with Gasteiger partial charge in [0.05, 0.1) is 6.54 Å². The molecule has 0 aliphatic rings. The molecule has 3 N–H and O–H groups in total. The Balaban J connectivity index is 2.01. The number of aryl methyl sites for hydroxylation is 1. The van der Waals surface area contributed by atoms with Crippen LogP contribution < -0.4 is 11.1 Å². The minimum absolute atomic E-state index is 0.278. The number of carbonyl (C=O) groups excluding carboxylic acids is 1. The van der Waals surface area contributed by atoms with E-state index in [0.717, 1.165) is 5.82 Å². The van der Waals surface area contributed by atoms with Crippen molar-refractivity contribution in [1.29, 1.82) is 0 Å². The van der Waals surface area contributed by atoms with Crippen molar-refractivity contribution in [2.45, 2.75) is 13.1 Å². The van der Waals surface area contributed by atoms with E-state index in [1.165, 1.54) is 18.2 Å². The zero-order valence-corrected chi connectivity index (χ0v) is 10.4. The molecule has 0 radical (unpaired) electrons. The summed E-state index contributed by atoms with van der Waals surface area (Å²) in [5.41, 5.74) is 5.83. The van der Waals surface area contributed by atoms with Crippen molar-refractivity contribution in [3.05, 3.63) is 47.3 Å². The predicted molar refractivity (Wildman–Crippen MR) is 66.5 cm³/mol. The van der Waals surface area contributed by atoms with E-state index in [9.17, 15) is 9.18 Å². The maximum absolute atomic E-state index is 13.6. The van der Waals surface area contributed by atoms with E-state index in [-0.39, 0.29) is 17.9 Å². The highest BCUT2D eigenvalue weighted by Crippen LogP contribution is 2.10. The lowest BCUT2D eigenvalue weighted by Gasteiger charge is -2.07. The first-order valence-corrected chi connectivity index (χ1v) is 5.69. The smallest absolute Gasteiger partial charge is 0.248 e. The molecule has 0 saturated heterocycles. The van der Waals surface area contributed by atoms with Crippen LogP contribution in [0.3, 0.4) is 0 Å². The molecule has 0 unspecified atom stereocenters. The van der Waals surface area contributed by atoms with Gasteiger partial charge in [-0.1, -0.05) is 0 Å². The quantitative estimate of drug-likeness (QED) is 0.814. The molecule has 19 heavy (non-hydrogen) atoms. The average Bonchev–Trinajstić information content (AvgIpc) is 2.77. The van der Waals surface area contributed by atoms with Gasteiger partial charge in [-0.3, -0.25) is 4.79 Å². The first-order valence-electron chi connectivity index (χ1n) is 5.69. The van der Waals surface area contributed by atoms with Gasteiger partial charge >= 0.3 is 0 Å². The molecule has 0 saturated carbocycles. The van der Waals surface area contributed by atoms with E-state index < -0.39 is 5.91 Å². The summed E-state index contributed by atoms with van der Waals surface area (Å²) in [5, 5.41) is 10.7. The van der Waals surface area contributed by atoms with Crippen molar-refractivity contribution in [2.75, 3.05) is 0 Å². The molecule has 6 nitrogen and oxygen atoms in total. The van der Waals surface area contributed by atoms with Gasteiger partial charge in [0.1, 0.15) is 18.0 Å². The molecule has 1 amide bonds. The van der Waals surface area contributed by atoms with Crippen molar-refractivity contribution >= 4 is 5.91 Å². The molecule has 1 aromatic heterocycles. The highest BCUT2D eigenvalue weighted by Gasteiger charge is 2.07. The molecular weight excluding hydrogens is 249 g/mol. The fourth-order valence-electron chi connectivity index (χ4n) is 1.64. The van der Waals surface area contributed by atoms with Crippen molar-refractivity contribution in [3.8, 4) is 0 Å². The highest BCUT2D eigenvalue weighted by atomic mass is 19.1. The molecule has 0 aliphatic carbocycles. The zero-order chi connectivity index (χ0) is 13.8. The minimum Gasteiger partial charge on any atom is -0.366 e. The summed E-state index contributed by atoms with van der Waals surface area (Å²) in [6, 6.07) is 4.05. The lowest BCUT2D eigenvalue weighted by Crippen LogP contribution is -2.18. The second-order valence-corrected chi connectivity index (χ2v) is 4.13. The number of amides is 1. The fourth-order valence-corrected chi connectivity index (χ4v) is 1.64. The summed E-state index contributed by atoms with van der Waals surface area (Å²) in [5.74, 6) is -0.212. The number of primary amides is 1. The van der Waals surface area contributed by atoms with Gasteiger partial charge in [0.2, 0.25) is 5.91 Å². The third-order valence-corrected chi connectivity index (χ3v) is 2.73. The SMILES string of the molecule is Cn1cnnc1CNCc1cc(C(N)=O)ccc1F. The van der Waals surface area contributed by atoms with E-state index in [0.29, 0.717) is 12.1 Å². The lowest BCUT2D eigenvalue weighted by atomic mass is 10.1. The number of nitrogens with one attached hydrogen (secondary N) is 1. The van der Waals surface area contributed by atoms with Gasteiger partial charge in [-0.05, 0) is 18.2 Å². The van der Waals surface area contributed by atoms with E-state index in [4.69, 9.17) is 5.73 Å². The second kappa shape index (κ2) is 5.57. The highest BCUT2D eigenvalue weighted by molar-refractivity contribution is 5.92. The van der Waals surface area contributed by atoms with Crippen molar-refractivity contribution < 1.29 is 9.18 Å². The summed E-state index contributed by atoms with van der Waals surface area (Å²) in [4.78, 5) is 11.0. The summed E-state index contributed by atoms with van der Waals surface area (Å²) < 4.78 is 15.3. The lowest BCUT2D eigenvalue weighted by molar-refractivity contribution is 0.1000. The summed E-state index contributed by atoms with van der Waals surface area (Å²) in [6.07, 6.45) is 1.59. The predicted octanol–water partition coefficient (Wildman–Crippen LogP) is 0.343. The van der Waals surface area contributed by atoms with Crippen LogP contribution >= 0.6 is 0 Å². The van der Waals surface area contributed by atoms with Crippen molar-refractivity contribution in [1.82, 2.24) is 20.1 Å². The third-order valence-electron chi connectivity index (χ3n) is 2.73. The van der Waals surface area contributed by atoms with Crippen LogP contribution in [0.5, 0.6) is 0 Å². The summed E-state index contributed by atoms with van der Waals surface area (Å²) in [6.45, 7) is 0.733. The molecule has 1 heterocycles. The number of halogens is 1. The third kappa shape index (κ3) is 3.14. The number of carbonyl (C=O) groups is 1. The Morgan fingerprint density at radius 3 is 2.89 bits per heavy atom. The Labute approximate surface area is 109 Å². The Hall–Kier alpha value is -2.28. The number of nitrogens with two attached hydrogens (primary N) is 1. The molecule has 0 atom stereocenters. The molecule has 7 heteroatoms. The molecule has 0 bridgehead atoms. The van der Waals surface area contributed by atoms with Gasteiger partial charge < -0.3 is 15.6 Å². The summed E-state index contributed by atoms with van der Waals surface area (Å²) in [7, 11) is 1.82. The van der Waals surface area contributed by atoms with Gasteiger partial charge in [-0.25, -0.2) is 4.39 Å². The van der Waals surface area contributed by atoms with Crippen LogP contribution in [0.2, 0.25) is 0 Å². The topological polar surface area (TPSA) is 85.8 Å².